The predicted octanol–water partition coefficient (Wildman–Crippen LogP) is 1.65. The van der Waals surface area contributed by atoms with Crippen LogP contribution in [0.1, 0.15) is 6.42 Å². The number of aromatic nitrogens is 1. The monoisotopic (exact) mass is 274 g/mol. The lowest BCUT2D eigenvalue weighted by molar-refractivity contribution is 0.170. The summed E-state index contributed by atoms with van der Waals surface area (Å²) in [4.78, 5) is 3.98. The summed E-state index contributed by atoms with van der Waals surface area (Å²) in [6, 6.07) is 1.99. The van der Waals surface area contributed by atoms with Gasteiger partial charge in [-0.15, -0.1) is 0 Å². The van der Waals surface area contributed by atoms with E-state index in [-0.39, 0.29) is 12.6 Å². The van der Waals surface area contributed by atoms with E-state index < -0.39 is 0 Å². The maximum Gasteiger partial charge on any atom is 0.0664 e. The second-order valence-electron chi connectivity index (χ2n) is 3.16. The Balaban J connectivity index is 2.60. The standard InChI is InChI=1S/C10H15BrN2O2/c1-15-7-8(3-5-14)13-10-2-4-12-6-9(10)11/h2,4,6,8,14H,3,5,7H2,1H3,(H,12,13). The molecule has 0 saturated heterocycles. The molecule has 1 unspecified atom stereocenters. The van der Waals surface area contributed by atoms with E-state index in [0.29, 0.717) is 13.0 Å². The summed E-state index contributed by atoms with van der Waals surface area (Å²) in [5.74, 6) is 0. The fourth-order valence-electron chi connectivity index (χ4n) is 1.27. The van der Waals surface area contributed by atoms with Crippen molar-refractivity contribution >= 4 is 21.6 Å². The van der Waals surface area contributed by atoms with E-state index in [1.807, 2.05) is 6.07 Å². The molecular formula is C10H15BrN2O2. The van der Waals surface area contributed by atoms with Gasteiger partial charge in [0.05, 0.1) is 22.8 Å². The van der Waals surface area contributed by atoms with Crippen LogP contribution in [-0.4, -0.2) is 36.5 Å². The van der Waals surface area contributed by atoms with Gasteiger partial charge in [-0.2, -0.15) is 0 Å². The van der Waals surface area contributed by atoms with Gasteiger partial charge in [-0.05, 0) is 28.4 Å². The molecule has 1 rings (SSSR count). The fraction of sp³-hybridized carbons (Fsp3) is 0.500. The van der Waals surface area contributed by atoms with Gasteiger partial charge < -0.3 is 15.2 Å². The highest BCUT2D eigenvalue weighted by Gasteiger charge is 2.09. The summed E-state index contributed by atoms with van der Waals surface area (Å²) in [5, 5.41) is 12.2. The van der Waals surface area contributed by atoms with Gasteiger partial charge in [-0.25, -0.2) is 0 Å². The van der Waals surface area contributed by atoms with Gasteiger partial charge in [0.25, 0.3) is 0 Å². The highest BCUT2D eigenvalue weighted by atomic mass is 79.9. The summed E-state index contributed by atoms with van der Waals surface area (Å²) < 4.78 is 5.97. The molecule has 5 heteroatoms. The number of halogens is 1. The van der Waals surface area contributed by atoms with Crippen LogP contribution in [0, 0.1) is 0 Å². The smallest absolute Gasteiger partial charge is 0.0664 e. The maximum atomic E-state index is 8.89. The number of hydrogen-bond donors (Lipinski definition) is 2. The molecule has 1 aromatic rings. The molecule has 15 heavy (non-hydrogen) atoms. The third kappa shape index (κ3) is 4.15. The number of hydrogen-bond acceptors (Lipinski definition) is 4. The summed E-state index contributed by atoms with van der Waals surface area (Å²) in [5.41, 5.74) is 0.959. The minimum absolute atomic E-state index is 0.110. The van der Waals surface area contributed by atoms with E-state index in [1.165, 1.54) is 0 Å². The molecule has 0 bridgehead atoms. The summed E-state index contributed by atoms with van der Waals surface area (Å²) >= 11 is 3.40. The highest BCUT2D eigenvalue weighted by Crippen LogP contribution is 2.21. The lowest BCUT2D eigenvalue weighted by Crippen LogP contribution is -2.26. The van der Waals surface area contributed by atoms with Crippen molar-refractivity contribution in [3.05, 3.63) is 22.9 Å². The van der Waals surface area contributed by atoms with Crippen LogP contribution in [-0.2, 0) is 4.74 Å². The van der Waals surface area contributed by atoms with Crippen molar-refractivity contribution in [2.45, 2.75) is 12.5 Å². The molecule has 1 heterocycles. The first-order valence-corrected chi connectivity index (χ1v) is 5.53. The van der Waals surface area contributed by atoms with E-state index in [4.69, 9.17) is 9.84 Å². The van der Waals surface area contributed by atoms with E-state index in [0.717, 1.165) is 10.2 Å². The molecule has 1 atom stereocenters. The van der Waals surface area contributed by atoms with Gasteiger partial charge in [0, 0.05) is 26.1 Å². The van der Waals surface area contributed by atoms with Crippen molar-refractivity contribution in [3.8, 4) is 0 Å². The number of nitrogens with one attached hydrogen (secondary N) is 1. The highest BCUT2D eigenvalue weighted by molar-refractivity contribution is 9.10. The average molecular weight is 275 g/mol. The second kappa shape index (κ2) is 6.76. The quantitative estimate of drug-likeness (QED) is 0.829. The van der Waals surface area contributed by atoms with Crippen molar-refractivity contribution in [1.29, 1.82) is 0 Å². The number of aliphatic hydroxyl groups is 1. The zero-order chi connectivity index (χ0) is 11.1. The molecule has 2 N–H and O–H groups in total. The number of methoxy groups -OCH3 is 1. The Morgan fingerprint density at radius 1 is 1.67 bits per heavy atom. The lowest BCUT2D eigenvalue weighted by Gasteiger charge is -2.18. The molecule has 1 aromatic heterocycles. The van der Waals surface area contributed by atoms with Crippen LogP contribution in [0.25, 0.3) is 0 Å². The third-order valence-corrected chi connectivity index (χ3v) is 2.61. The van der Waals surface area contributed by atoms with Gasteiger partial charge in [0.2, 0.25) is 0 Å². The van der Waals surface area contributed by atoms with Crippen LogP contribution < -0.4 is 5.32 Å². The second-order valence-corrected chi connectivity index (χ2v) is 4.02. The lowest BCUT2D eigenvalue weighted by atomic mass is 10.2. The number of anilines is 1. The van der Waals surface area contributed by atoms with Crippen molar-refractivity contribution in [1.82, 2.24) is 4.98 Å². The minimum Gasteiger partial charge on any atom is -0.396 e. The van der Waals surface area contributed by atoms with E-state index in [2.05, 4.69) is 26.2 Å². The van der Waals surface area contributed by atoms with Crippen LogP contribution in [0.4, 0.5) is 5.69 Å². The first-order valence-electron chi connectivity index (χ1n) is 4.73. The van der Waals surface area contributed by atoms with E-state index in [1.54, 1.807) is 19.5 Å². The third-order valence-electron chi connectivity index (χ3n) is 1.98. The normalized spacial score (nSPS) is 12.5. The predicted molar refractivity (Wildman–Crippen MR) is 62.9 cm³/mol. The summed E-state index contributed by atoms with van der Waals surface area (Å²) in [7, 11) is 1.65. The molecule has 0 aromatic carbocycles. The van der Waals surface area contributed by atoms with Crippen LogP contribution >= 0.6 is 15.9 Å². The van der Waals surface area contributed by atoms with Gasteiger partial charge >= 0.3 is 0 Å². The Bertz CT molecular complexity index is 291. The molecular weight excluding hydrogens is 260 g/mol. The molecule has 4 nitrogen and oxygen atoms in total. The van der Waals surface area contributed by atoms with Crippen molar-refractivity contribution < 1.29 is 9.84 Å². The van der Waals surface area contributed by atoms with Gasteiger partial charge in [0.1, 0.15) is 0 Å². The van der Waals surface area contributed by atoms with Crippen molar-refractivity contribution in [3.63, 3.8) is 0 Å². The van der Waals surface area contributed by atoms with Gasteiger partial charge in [0.15, 0.2) is 0 Å². The summed E-state index contributed by atoms with van der Waals surface area (Å²) in [6.07, 6.45) is 4.10. The molecule has 0 aliphatic rings. The largest absolute Gasteiger partial charge is 0.396 e. The molecule has 0 radical (unpaired) electrons. The Labute approximate surface area is 97.8 Å². The number of pyridine rings is 1. The first-order chi connectivity index (χ1) is 7.27. The Hall–Kier alpha value is -0.650. The molecule has 0 spiro atoms. The molecule has 0 fully saturated rings. The van der Waals surface area contributed by atoms with E-state index >= 15 is 0 Å². The average Bonchev–Trinajstić information content (AvgIpc) is 2.22. The molecule has 84 valence electrons. The Morgan fingerprint density at radius 2 is 2.47 bits per heavy atom. The topological polar surface area (TPSA) is 54.4 Å². The SMILES string of the molecule is COCC(CCO)Nc1ccncc1Br. The molecule has 0 aliphatic heterocycles. The zero-order valence-electron chi connectivity index (χ0n) is 8.61. The van der Waals surface area contributed by atoms with Crippen LogP contribution in [0.15, 0.2) is 22.9 Å². The number of aliphatic hydroxyl groups excluding tert-OH is 1. The van der Waals surface area contributed by atoms with Crippen LogP contribution in [0.2, 0.25) is 0 Å². The Morgan fingerprint density at radius 3 is 3.07 bits per heavy atom. The first kappa shape index (κ1) is 12.4. The number of rotatable bonds is 6. The number of ether oxygens (including phenoxy) is 1. The van der Waals surface area contributed by atoms with Gasteiger partial charge in [-0.1, -0.05) is 0 Å². The molecule has 0 aliphatic carbocycles. The van der Waals surface area contributed by atoms with Gasteiger partial charge in [-0.3, -0.25) is 4.98 Å². The maximum absolute atomic E-state index is 8.89. The Kier molecular flexibility index (Phi) is 5.60. The molecule has 0 amide bonds. The minimum atomic E-state index is 0.110. The van der Waals surface area contributed by atoms with Crippen LogP contribution in [0.3, 0.4) is 0 Å². The number of nitrogens with zero attached hydrogens (tertiary/aromatic N) is 1. The summed E-state index contributed by atoms with van der Waals surface area (Å²) in [6.45, 7) is 0.707. The molecule has 0 saturated carbocycles. The van der Waals surface area contributed by atoms with Crippen LogP contribution in [0.5, 0.6) is 0 Å². The van der Waals surface area contributed by atoms with Crippen molar-refractivity contribution in [2.75, 3.05) is 25.6 Å². The van der Waals surface area contributed by atoms with Crippen molar-refractivity contribution in [2.24, 2.45) is 0 Å². The fourth-order valence-corrected chi connectivity index (χ4v) is 1.63. The zero-order valence-corrected chi connectivity index (χ0v) is 10.2. The van der Waals surface area contributed by atoms with E-state index in [9.17, 15) is 0 Å².